The van der Waals surface area contributed by atoms with Crippen molar-refractivity contribution in [1.82, 2.24) is 4.90 Å². The van der Waals surface area contributed by atoms with Gasteiger partial charge < -0.3 is 9.64 Å². The average molecular weight is 326 g/mol. The molecule has 0 aromatic heterocycles. The van der Waals surface area contributed by atoms with E-state index in [1.54, 1.807) is 13.2 Å². The Morgan fingerprint density at radius 3 is 2.89 bits per heavy atom. The lowest BCUT2D eigenvalue weighted by Gasteiger charge is -2.21. The molecule has 19 heavy (non-hydrogen) atoms. The summed E-state index contributed by atoms with van der Waals surface area (Å²) >= 11 is 3.46. The number of carbonyl (C=O) groups excluding carboxylic acids is 1. The van der Waals surface area contributed by atoms with Gasteiger partial charge in [0.15, 0.2) is 0 Å². The molecule has 104 valence electrons. The number of carbonyl (C=O) groups is 1. The smallest absolute Gasteiger partial charge is 0.255 e. The van der Waals surface area contributed by atoms with Crippen LogP contribution in [0, 0.1) is 5.92 Å². The molecule has 0 spiro atoms. The van der Waals surface area contributed by atoms with E-state index in [2.05, 4.69) is 22.9 Å². The van der Waals surface area contributed by atoms with Crippen LogP contribution < -0.4 is 4.74 Å². The fourth-order valence-corrected chi connectivity index (χ4v) is 2.85. The normalized spacial score (nSPS) is 19.9. The summed E-state index contributed by atoms with van der Waals surface area (Å²) in [5.41, 5.74) is 0.689. The molecule has 0 aliphatic carbocycles. The fourth-order valence-electron chi connectivity index (χ4n) is 2.43. The summed E-state index contributed by atoms with van der Waals surface area (Å²) in [7, 11) is 1.62. The zero-order valence-corrected chi connectivity index (χ0v) is 13.1. The van der Waals surface area contributed by atoms with Gasteiger partial charge in [0, 0.05) is 17.6 Å². The molecule has 1 saturated heterocycles. The molecule has 1 amide bonds. The van der Waals surface area contributed by atoms with Gasteiger partial charge in [0.2, 0.25) is 0 Å². The van der Waals surface area contributed by atoms with Gasteiger partial charge in [-0.2, -0.15) is 0 Å². The van der Waals surface area contributed by atoms with E-state index in [1.807, 2.05) is 17.0 Å². The molecule has 1 aliphatic rings. The Morgan fingerprint density at radius 2 is 2.16 bits per heavy atom. The maximum absolute atomic E-state index is 12.6. The van der Waals surface area contributed by atoms with Crippen molar-refractivity contribution in [2.24, 2.45) is 5.92 Å². The lowest BCUT2D eigenvalue weighted by molar-refractivity contribution is 0.0759. The Labute approximate surface area is 123 Å². The molecule has 0 saturated carbocycles. The molecule has 1 unspecified atom stereocenters. The van der Waals surface area contributed by atoms with Crippen molar-refractivity contribution in [3.05, 3.63) is 28.2 Å². The first-order valence-corrected chi connectivity index (χ1v) is 7.54. The number of benzene rings is 1. The topological polar surface area (TPSA) is 29.5 Å². The van der Waals surface area contributed by atoms with Gasteiger partial charge in [0.1, 0.15) is 5.75 Å². The molecule has 0 N–H and O–H groups in total. The van der Waals surface area contributed by atoms with Gasteiger partial charge in [-0.05, 0) is 59.3 Å². The predicted molar refractivity (Wildman–Crippen MR) is 79.6 cm³/mol. The van der Waals surface area contributed by atoms with Gasteiger partial charge in [-0.1, -0.05) is 6.92 Å². The van der Waals surface area contributed by atoms with Crippen LogP contribution in [0.1, 0.15) is 36.5 Å². The highest BCUT2D eigenvalue weighted by Gasteiger charge is 2.21. The molecule has 1 aromatic carbocycles. The second-order valence-corrected chi connectivity index (χ2v) is 6.03. The lowest BCUT2D eigenvalue weighted by atomic mass is 10.0. The van der Waals surface area contributed by atoms with Crippen LogP contribution in [0.3, 0.4) is 0 Å². The van der Waals surface area contributed by atoms with Crippen molar-refractivity contribution in [3.63, 3.8) is 0 Å². The van der Waals surface area contributed by atoms with Crippen LogP contribution in [0.5, 0.6) is 5.75 Å². The van der Waals surface area contributed by atoms with Crippen LogP contribution in [0.25, 0.3) is 0 Å². The Hall–Kier alpha value is -1.03. The van der Waals surface area contributed by atoms with E-state index in [9.17, 15) is 4.79 Å². The first-order valence-electron chi connectivity index (χ1n) is 6.74. The third-order valence-corrected chi connectivity index (χ3v) is 4.40. The van der Waals surface area contributed by atoms with Gasteiger partial charge >= 0.3 is 0 Å². The summed E-state index contributed by atoms with van der Waals surface area (Å²) in [6.07, 6.45) is 3.39. The Morgan fingerprint density at radius 1 is 1.37 bits per heavy atom. The summed E-state index contributed by atoms with van der Waals surface area (Å²) in [6, 6.07) is 5.53. The van der Waals surface area contributed by atoms with Gasteiger partial charge in [-0.3, -0.25) is 4.79 Å². The van der Waals surface area contributed by atoms with Crippen LogP contribution in [0.4, 0.5) is 0 Å². The Balaban J connectivity index is 2.18. The van der Waals surface area contributed by atoms with Crippen LogP contribution in [0.15, 0.2) is 22.7 Å². The van der Waals surface area contributed by atoms with Crippen LogP contribution in [-0.2, 0) is 0 Å². The number of ether oxygens (including phenoxy) is 1. The highest BCUT2D eigenvalue weighted by Crippen LogP contribution is 2.25. The number of rotatable bonds is 2. The van der Waals surface area contributed by atoms with E-state index in [4.69, 9.17) is 4.74 Å². The summed E-state index contributed by atoms with van der Waals surface area (Å²) in [5.74, 6) is 1.53. The number of methoxy groups -OCH3 is 1. The van der Waals surface area contributed by atoms with Gasteiger partial charge in [-0.15, -0.1) is 0 Å². The first kappa shape index (κ1) is 14.4. The second kappa shape index (κ2) is 6.42. The molecular weight excluding hydrogens is 306 g/mol. The number of hydrogen-bond donors (Lipinski definition) is 0. The van der Waals surface area contributed by atoms with E-state index in [-0.39, 0.29) is 5.91 Å². The number of amides is 1. The van der Waals surface area contributed by atoms with Gasteiger partial charge in [0.05, 0.1) is 12.7 Å². The van der Waals surface area contributed by atoms with E-state index in [0.29, 0.717) is 11.5 Å². The first-order chi connectivity index (χ1) is 9.11. The third-order valence-electron chi connectivity index (χ3n) is 3.71. The molecule has 0 radical (unpaired) electrons. The van der Waals surface area contributed by atoms with E-state index < -0.39 is 0 Å². The van der Waals surface area contributed by atoms with Crippen LogP contribution in [0.2, 0.25) is 0 Å². The van der Waals surface area contributed by atoms with Crippen molar-refractivity contribution >= 4 is 21.8 Å². The van der Waals surface area contributed by atoms with Crippen molar-refractivity contribution < 1.29 is 9.53 Å². The van der Waals surface area contributed by atoms with Crippen LogP contribution in [-0.4, -0.2) is 31.0 Å². The lowest BCUT2D eigenvalue weighted by Crippen LogP contribution is -2.32. The van der Waals surface area contributed by atoms with Crippen molar-refractivity contribution in [1.29, 1.82) is 0 Å². The highest BCUT2D eigenvalue weighted by molar-refractivity contribution is 9.10. The van der Waals surface area contributed by atoms with Crippen molar-refractivity contribution in [2.45, 2.75) is 26.2 Å². The Bertz CT molecular complexity index is 461. The average Bonchev–Trinajstić information content (AvgIpc) is 2.63. The molecule has 0 bridgehead atoms. The summed E-state index contributed by atoms with van der Waals surface area (Å²) in [6.45, 7) is 3.96. The molecule has 1 aromatic rings. The summed E-state index contributed by atoms with van der Waals surface area (Å²) in [4.78, 5) is 14.5. The quantitative estimate of drug-likeness (QED) is 0.829. The van der Waals surface area contributed by atoms with E-state index in [1.165, 1.54) is 6.42 Å². The van der Waals surface area contributed by atoms with E-state index >= 15 is 0 Å². The van der Waals surface area contributed by atoms with Crippen LogP contribution >= 0.6 is 15.9 Å². The molecule has 1 heterocycles. The molecule has 1 atom stereocenters. The maximum Gasteiger partial charge on any atom is 0.255 e. The highest BCUT2D eigenvalue weighted by atomic mass is 79.9. The molecule has 1 aliphatic heterocycles. The number of nitrogens with zero attached hydrogens (tertiary/aromatic N) is 1. The number of hydrogen-bond acceptors (Lipinski definition) is 2. The Kier molecular flexibility index (Phi) is 4.86. The van der Waals surface area contributed by atoms with E-state index in [0.717, 1.165) is 36.2 Å². The SMILES string of the molecule is COc1ccc(Br)c(C(=O)N2CCCC(C)CC2)c1. The maximum atomic E-state index is 12.6. The van der Waals surface area contributed by atoms with Gasteiger partial charge in [-0.25, -0.2) is 0 Å². The molecule has 4 heteroatoms. The van der Waals surface area contributed by atoms with Crippen molar-refractivity contribution in [3.8, 4) is 5.75 Å². The van der Waals surface area contributed by atoms with Gasteiger partial charge in [0.25, 0.3) is 5.91 Å². The summed E-state index contributed by atoms with van der Waals surface area (Å²) in [5, 5.41) is 0. The second-order valence-electron chi connectivity index (χ2n) is 5.17. The molecule has 2 rings (SSSR count). The minimum atomic E-state index is 0.0971. The minimum absolute atomic E-state index is 0.0971. The zero-order valence-electron chi connectivity index (χ0n) is 11.5. The standard InChI is InChI=1S/C15H20BrNO2/c1-11-4-3-8-17(9-7-11)15(18)13-10-12(19-2)5-6-14(13)16/h5-6,10-11H,3-4,7-9H2,1-2H3. The molecule has 1 fully saturated rings. The van der Waals surface area contributed by atoms with Crippen molar-refractivity contribution in [2.75, 3.05) is 20.2 Å². The predicted octanol–water partition coefficient (Wildman–Crippen LogP) is 3.72. The third kappa shape index (κ3) is 3.50. The minimum Gasteiger partial charge on any atom is -0.497 e. The zero-order chi connectivity index (χ0) is 13.8. The molecule has 3 nitrogen and oxygen atoms in total. The fraction of sp³-hybridized carbons (Fsp3) is 0.533. The summed E-state index contributed by atoms with van der Waals surface area (Å²) < 4.78 is 6.03. The molecular formula is C15H20BrNO2. The largest absolute Gasteiger partial charge is 0.497 e. The number of likely N-dealkylation sites (tertiary alicyclic amines) is 1. The monoisotopic (exact) mass is 325 g/mol. The number of halogens is 1.